The van der Waals surface area contributed by atoms with Gasteiger partial charge in [-0.2, -0.15) is 0 Å². The van der Waals surface area contributed by atoms with E-state index in [1.807, 2.05) is 27.7 Å². The predicted octanol–water partition coefficient (Wildman–Crippen LogP) is 2.36. The average Bonchev–Trinajstić information content (AvgIpc) is 2.51. The van der Waals surface area contributed by atoms with Gasteiger partial charge in [-0.25, -0.2) is 4.79 Å². The predicted molar refractivity (Wildman–Crippen MR) is 63.7 cm³/mol. The minimum absolute atomic E-state index is 0.0405. The number of piperidine rings is 1. The second-order valence-corrected chi connectivity index (χ2v) is 6.15. The summed E-state index contributed by atoms with van der Waals surface area (Å²) < 4.78 is 5.42. The van der Waals surface area contributed by atoms with Gasteiger partial charge in [-0.15, -0.1) is 0 Å². The minimum atomic E-state index is -0.471. The first kappa shape index (κ1) is 12.4. The normalized spacial score (nSPS) is 32.8. The molecule has 0 aromatic carbocycles. The Morgan fingerprint density at radius 1 is 1.35 bits per heavy atom. The molecule has 17 heavy (non-hydrogen) atoms. The quantitative estimate of drug-likeness (QED) is 0.652. The fourth-order valence-corrected chi connectivity index (χ4v) is 2.84. The fraction of sp³-hybridized carbons (Fsp3) is 0.846. The second kappa shape index (κ2) is 4.00. The lowest BCUT2D eigenvalue weighted by Gasteiger charge is -2.38. The first-order valence-corrected chi connectivity index (χ1v) is 6.33. The highest BCUT2D eigenvalue weighted by Gasteiger charge is 2.48. The lowest BCUT2D eigenvalue weighted by molar-refractivity contribution is -0.128. The molecule has 0 spiro atoms. The van der Waals surface area contributed by atoms with E-state index in [2.05, 4.69) is 0 Å². The van der Waals surface area contributed by atoms with Gasteiger partial charge in [0.05, 0.1) is 0 Å². The van der Waals surface area contributed by atoms with E-state index in [0.717, 1.165) is 12.8 Å². The number of Topliss-reactive ketones (excluding diaryl/α,β-unsaturated/α-hetero) is 1. The summed E-state index contributed by atoms with van der Waals surface area (Å²) in [5.41, 5.74) is -0.471. The molecule has 0 saturated carbocycles. The van der Waals surface area contributed by atoms with Crippen molar-refractivity contribution in [1.82, 2.24) is 4.90 Å². The van der Waals surface area contributed by atoms with Crippen LogP contribution in [0.3, 0.4) is 0 Å². The Hall–Kier alpha value is -1.06. The summed E-state index contributed by atoms with van der Waals surface area (Å²) in [6, 6.07) is 0.120. The first-order valence-electron chi connectivity index (χ1n) is 6.33. The number of carbonyl (C=O) groups excluding carboxylic acids is 2. The van der Waals surface area contributed by atoms with E-state index in [4.69, 9.17) is 4.74 Å². The first-order chi connectivity index (χ1) is 7.79. The number of nitrogens with zero attached hydrogens (tertiary/aromatic N) is 1. The smallest absolute Gasteiger partial charge is 0.410 e. The highest BCUT2D eigenvalue weighted by Crippen LogP contribution is 2.38. The molecule has 4 heteroatoms. The summed E-state index contributed by atoms with van der Waals surface area (Å²) in [7, 11) is 0. The Morgan fingerprint density at radius 3 is 2.59 bits per heavy atom. The van der Waals surface area contributed by atoms with Crippen LogP contribution in [-0.2, 0) is 9.53 Å². The molecule has 3 atom stereocenters. The van der Waals surface area contributed by atoms with Crippen LogP contribution in [-0.4, -0.2) is 34.5 Å². The van der Waals surface area contributed by atoms with Gasteiger partial charge in [0, 0.05) is 24.4 Å². The standard InChI is InChI=1S/C13H21NO3/c1-8-10-6-5-9(7-11(8)15)14(10)12(16)17-13(2,3)4/h8-10H,5-7H2,1-4H3/t8-,9+,10-/m0/s1. The summed E-state index contributed by atoms with van der Waals surface area (Å²) >= 11 is 0. The Balaban J connectivity index is 2.12. The van der Waals surface area contributed by atoms with Gasteiger partial charge in [0.15, 0.2) is 0 Å². The van der Waals surface area contributed by atoms with Crippen molar-refractivity contribution in [3.63, 3.8) is 0 Å². The third kappa shape index (κ3) is 2.31. The molecule has 2 aliphatic heterocycles. The van der Waals surface area contributed by atoms with Crippen LogP contribution >= 0.6 is 0 Å². The second-order valence-electron chi connectivity index (χ2n) is 6.15. The van der Waals surface area contributed by atoms with E-state index >= 15 is 0 Å². The molecule has 2 rings (SSSR count). The summed E-state index contributed by atoms with van der Waals surface area (Å²) in [5, 5.41) is 0. The summed E-state index contributed by atoms with van der Waals surface area (Å²) in [5.74, 6) is 0.249. The molecule has 2 fully saturated rings. The van der Waals surface area contributed by atoms with Crippen LogP contribution in [0.4, 0.5) is 4.79 Å². The van der Waals surface area contributed by atoms with E-state index in [1.165, 1.54) is 0 Å². The SMILES string of the molecule is C[C@@H]1C(=O)C[C@H]2CC[C@@H]1N2C(=O)OC(C)(C)C. The van der Waals surface area contributed by atoms with Crippen LogP contribution in [0.2, 0.25) is 0 Å². The lowest BCUT2D eigenvalue weighted by atomic mass is 9.91. The molecule has 0 unspecified atom stereocenters. The Labute approximate surface area is 102 Å². The van der Waals surface area contributed by atoms with Gasteiger partial charge >= 0.3 is 6.09 Å². The van der Waals surface area contributed by atoms with Crippen molar-refractivity contribution >= 4 is 11.9 Å². The molecule has 1 amide bonds. The molecular weight excluding hydrogens is 218 g/mol. The zero-order valence-corrected chi connectivity index (χ0v) is 11.0. The van der Waals surface area contributed by atoms with Crippen LogP contribution in [0.25, 0.3) is 0 Å². The van der Waals surface area contributed by atoms with Crippen molar-refractivity contribution in [2.75, 3.05) is 0 Å². The van der Waals surface area contributed by atoms with Gasteiger partial charge in [-0.3, -0.25) is 4.79 Å². The van der Waals surface area contributed by atoms with Crippen molar-refractivity contribution in [3.05, 3.63) is 0 Å². The van der Waals surface area contributed by atoms with Gasteiger partial charge in [0.2, 0.25) is 0 Å². The maximum absolute atomic E-state index is 12.1. The maximum atomic E-state index is 12.1. The fourth-order valence-electron chi connectivity index (χ4n) is 2.84. The number of hydrogen-bond acceptors (Lipinski definition) is 3. The Kier molecular flexibility index (Phi) is 2.92. The summed E-state index contributed by atoms with van der Waals surface area (Å²) in [6.07, 6.45) is 2.10. The van der Waals surface area contributed by atoms with Crippen molar-refractivity contribution in [1.29, 1.82) is 0 Å². The van der Waals surface area contributed by atoms with Gasteiger partial charge in [0.1, 0.15) is 11.4 Å². The number of carbonyl (C=O) groups is 2. The zero-order valence-electron chi connectivity index (χ0n) is 11.0. The Bertz CT molecular complexity index is 345. The van der Waals surface area contributed by atoms with E-state index in [1.54, 1.807) is 4.90 Å². The van der Waals surface area contributed by atoms with Crippen molar-refractivity contribution in [3.8, 4) is 0 Å². The summed E-state index contributed by atoms with van der Waals surface area (Å²) in [4.78, 5) is 25.7. The highest BCUT2D eigenvalue weighted by molar-refractivity contribution is 5.85. The number of hydrogen-bond donors (Lipinski definition) is 0. The van der Waals surface area contributed by atoms with E-state index in [-0.39, 0.29) is 29.9 Å². The van der Waals surface area contributed by atoms with E-state index in [9.17, 15) is 9.59 Å². The van der Waals surface area contributed by atoms with Crippen LogP contribution in [0, 0.1) is 5.92 Å². The minimum Gasteiger partial charge on any atom is -0.444 e. The molecule has 0 N–H and O–H groups in total. The number of rotatable bonds is 0. The molecule has 0 radical (unpaired) electrons. The molecule has 96 valence electrons. The number of ketones is 1. The number of amides is 1. The zero-order chi connectivity index (χ0) is 12.8. The van der Waals surface area contributed by atoms with E-state index < -0.39 is 5.60 Å². The van der Waals surface area contributed by atoms with Gasteiger partial charge < -0.3 is 9.64 Å². The van der Waals surface area contributed by atoms with Crippen molar-refractivity contribution in [2.45, 2.75) is 64.6 Å². The highest BCUT2D eigenvalue weighted by atomic mass is 16.6. The van der Waals surface area contributed by atoms with Crippen LogP contribution in [0.1, 0.15) is 47.0 Å². The molecule has 4 nitrogen and oxygen atoms in total. The van der Waals surface area contributed by atoms with Gasteiger partial charge in [0.25, 0.3) is 0 Å². The Morgan fingerprint density at radius 2 is 2.00 bits per heavy atom. The van der Waals surface area contributed by atoms with E-state index in [0.29, 0.717) is 6.42 Å². The number of fused-ring (bicyclic) bond motifs is 2. The third-order valence-corrected chi connectivity index (χ3v) is 3.67. The largest absolute Gasteiger partial charge is 0.444 e. The topological polar surface area (TPSA) is 46.6 Å². The van der Waals surface area contributed by atoms with Crippen molar-refractivity contribution in [2.24, 2.45) is 5.92 Å². The van der Waals surface area contributed by atoms with Crippen LogP contribution in [0.5, 0.6) is 0 Å². The molecule has 2 heterocycles. The average molecular weight is 239 g/mol. The lowest BCUT2D eigenvalue weighted by Crippen LogP contribution is -2.52. The van der Waals surface area contributed by atoms with Gasteiger partial charge in [-0.1, -0.05) is 6.92 Å². The molecule has 0 aliphatic carbocycles. The van der Waals surface area contributed by atoms with Crippen LogP contribution < -0.4 is 0 Å². The van der Waals surface area contributed by atoms with Crippen LogP contribution in [0.15, 0.2) is 0 Å². The summed E-state index contributed by atoms with van der Waals surface area (Å²) in [6.45, 7) is 7.52. The number of ether oxygens (including phenoxy) is 1. The molecular formula is C13H21NO3. The third-order valence-electron chi connectivity index (χ3n) is 3.67. The maximum Gasteiger partial charge on any atom is 0.410 e. The van der Waals surface area contributed by atoms with Crippen molar-refractivity contribution < 1.29 is 14.3 Å². The molecule has 2 aliphatic rings. The molecule has 0 aromatic heterocycles. The molecule has 2 bridgehead atoms. The van der Waals surface area contributed by atoms with Gasteiger partial charge in [-0.05, 0) is 33.6 Å². The molecule has 2 saturated heterocycles. The molecule has 0 aromatic rings. The monoisotopic (exact) mass is 239 g/mol.